The van der Waals surface area contributed by atoms with E-state index in [-0.39, 0.29) is 0 Å². The normalized spacial score (nSPS) is 11.3. The lowest BCUT2D eigenvalue weighted by Crippen LogP contribution is -1.89. The van der Waals surface area contributed by atoms with Gasteiger partial charge in [-0.05, 0) is 16.3 Å². The Balaban J connectivity index is 1.79. The van der Waals surface area contributed by atoms with Crippen LogP contribution in [0.25, 0.3) is 10.8 Å². The molecule has 4 heteroatoms. The molecular weight excluding hydrogens is 266 g/mol. The zero-order valence-corrected chi connectivity index (χ0v) is 12.4. The number of hydrogen-bond acceptors (Lipinski definition) is 3. The van der Waals surface area contributed by atoms with E-state index in [1.165, 1.54) is 16.3 Å². The first kappa shape index (κ1) is 13.2. The van der Waals surface area contributed by atoms with Crippen LogP contribution in [0, 0.1) is 0 Å². The summed E-state index contributed by atoms with van der Waals surface area (Å²) in [6, 6.07) is 14.9. The van der Waals surface area contributed by atoms with Gasteiger partial charge in [-0.3, -0.25) is 5.10 Å². The van der Waals surface area contributed by atoms with Gasteiger partial charge in [0.2, 0.25) is 5.16 Å². The van der Waals surface area contributed by atoms with Crippen molar-refractivity contribution in [3.8, 4) is 0 Å². The van der Waals surface area contributed by atoms with Crippen LogP contribution in [0.2, 0.25) is 0 Å². The average molecular weight is 283 g/mol. The largest absolute Gasteiger partial charge is 0.262 e. The average Bonchev–Trinajstić information content (AvgIpc) is 2.94. The smallest absolute Gasteiger partial charge is 0.208 e. The maximum atomic E-state index is 4.50. The van der Waals surface area contributed by atoms with Gasteiger partial charge in [0.1, 0.15) is 5.82 Å². The van der Waals surface area contributed by atoms with Crippen LogP contribution in [0.1, 0.15) is 31.2 Å². The van der Waals surface area contributed by atoms with E-state index in [0.717, 1.165) is 16.7 Å². The predicted molar refractivity (Wildman–Crippen MR) is 84.0 cm³/mol. The topological polar surface area (TPSA) is 41.6 Å². The molecule has 1 aromatic heterocycles. The Morgan fingerprint density at radius 3 is 2.70 bits per heavy atom. The van der Waals surface area contributed by atoms with Crippen molar-refractivity contribution in [2.24, 2.45) is 0 Å². The van der Waals surface area contributed by atoms with Gasteiger partial charge in [0, 0.05) is 11.7 Å². The monoisotopic (exact) mass is 283 g/mol. The first-order chi connectivity index (χ1) is 9.74. The molecule has 102 valence electrons. The highest BCUT2D eigenvalue weighted by molar-refractivity contribution is 7.98. The molecule has 2 aromatic carbocycles. The van der Waals surface area contributed by atoms with Crippen molar-refractivity contribution in [2.45, 2.75) is 30.7 Å². The van der Waals surface area contributed by atoms with Crippen LogP contribution in [0.5, 0.6) is 0 Å². The molecule has 3 rings (SSSR count). The number of nitrogens with one attached hydrogen (secondary N) is 1. The van der Waals surface area contributed by atoms with Gasteiger partial charge in [-0.15, -0.1) is 5.10 Å². The van der Waals surface area contributed by atoms with E-state index in [9.17, 15) is 0 Å². The summed E-state index contributed by atoms with van der Waals surface area (Å²) < 4.78 is 0. The van der Waals surface area contributed by atoms with Gasteiger partial charge in [-0.1, -0.05) is 68.1 Å². The third-order valence-electron chi connectivity index (χ3n) is 3.27. The summed E-state index contributed by atoms with van der Waals surface area (Å²) in [5, 5.41) is 10.7. The minimum absolute atomic E-state index is 0.384. The predicted octanol–water partition coefficient (Wildman–Crippen LogP) is 4.37. The van der Waals surface area contributed by atoms with Gasteiger partial charge in [0.05, 0.1) is 0 Å². The lowest BCUT2D eigenvalue weighted by Gasteiger charge is -2.04. The summed E-state index contributed by atoms with van der Waals surface area (Å²) in [6.45, 7) is 4.22. The van der Waals surface area contributed by atoms with Crippen molar-refractivity contribution in [1.29, 1.82) is 0 Å². The Bertz CT molecular complexity index is 713. The van der Waals surface area contributed by atoms with Gasteiger partial charge < -0.3 is 0 Å². The van der Waals surface area contributed by atoms with Crippen molar-refractivity contribution >= 4 is 22.5 Å². The maximum absolute atomic E-state index is 4.50. The van der Waals surface area contributed by atoms with Crippen LogP contribution in [0.15, 0.2) is 47.6 Å². The minimum Gasteiger partial charge on any atom is -0.262 e. The number of aromatic nitrogens is 3. The number of hydrogen-bond donors (Lipinski definition) is 1. The number of nitrogens with zero attached hydrogens (tertiary/aromatic N) is 2. The molecule has 3 nitrogen and oxygen atoms in total. The standard InChI is InChI=1S/C16H17N3S/c1-11(2)15-17-16(19-18-15)20-10-13-8-5-7-12-6-3-4-9-14(12)13/h3-9,11H,10H2,1-2H3,(H,17,18,19). The van der Waals surface area contributed by atoms with Crippen LogP contribution in [-0.4, -0.2) is 15.2 Å². The van der Waals surface area contributed by atoms with E-state index < -0.39 is 0 Å². The summed E-state index contributed by atoms with van der Waals surface area (Å²) in [5.74, 6) is 2.22. The van der Waals surface area contributed by atoms with Gasteiger partial charge in [0.25, 0.3) is 0 Å². The quantitative estimate of drug-likeness (QED) is 0.723. The lowest BCUT2D eigenvalue weighted by molar-refractivity contribution is 0.780. The van der Waals surface area contributed by atoms with Gasteiger partial charge >= 0.3 is 0 Å². The number of aromatic amines is 1. The molecule has 0 atom stereocenters. The van der Waals surface area contributed by atoms with Crippen molar-refractivity contribution < 1.29 is 0 Å². The summed E-state index contributed by atoms with van der Waals surface area (Å²) in [5.41, 5.74) is 1.32. The zero-order valence-electron chi connectivity index (χ0n) is 11.6. The maximum Gasteiger partial charge on any atom is 0.208 e. The molecule has 0 aliphatic heterocycles. The molecule has 0 radical (unpaired) electrons. The summed E-state index contributed by atoms with van der Waals surface area (Å²) in [4.78, 5) is 4.50. The minimum atomic E-state index is 0.384. The Hall–Kier alpha value is -1.81. The fourth-order valence-corrected chi connectivity index (χ4v) is 2.95. The molecule has 1 heterocycles. The molecule has 0 saturated heterocycles. The first-order valence-electron chi connectivity index (χ1n) is 6.76. The molecule has 0 bridgehead atoms. The van der Waals surface area contributed by atoms with E-state index >= 15 is 0 Å². The van der Waals surface area contributed by atoms with Crippen LogP contribution >= 0.6 is 11.8 Å². The molecular formula is C16H17N3S. The summed E-state index contributed by atoms with van der Waals surface area (Å²) in [6.07, 6.45) is 0. The fourth-order valence-electron chi connectivity index (χ4n) is 2.14. The number of rotatable bonds is 4. The van der Waals surface area contributed by atoms with Crippen molar-refractivity contribution in [3.05, 3.63) is 53.9 Å². The second-order valence-corrected chi connectivity index (χ2v) is 6.03. The van der Waals surface area contributed by atoms with E-state index in [1.54, 1.807) is 11.8 Å². The Morgan fingerprint density at radius 1 is 1.10 bits per heavy atom. The molecule has 1 N–H and O–H groups in total. The SMILES string of the molecule is CC(C)c1nc(SCc2cccc3ccccc23)n[nH]1. The van der Waals surface area contributed by atoms with Gasteiger partial charge in [0.15, 0.2) is 0 Å². The Kier molecular flexibility index (Phi) is 3.74. The number of H-pyrrole nitrogens is 1. The molecule has 0 fully saturated rings. The third-order valence-corrected chi connectivity index (χ3v) is 4.16. The molecule has 0 aliphatic rings. The van der Waals surface area contributed by atoms with Crippen molar-refractivity contribution in [2.75, 3.05) is 0 Å². The number of thioether (sulfide) groups is 1. The van der Waals surface area contributed by atoms with Crippen LogP contribution in [0.3, 0.4) is 0 Å². The zero-order chi connectivity index (χ0) is 13.9. The Morgan fingerprint density at radius 2 is 1.90 bits per heavy atom. The third kappa shape index (κ3) is 2.70. The molecule has 0 aliphatic carbocycles. The Labute approximate surface area is 122 Å². The molecule has 0 unspecified atom stereocenters. The molecule has 0 saturated carbocycles. The number of fused-ring (bicyclic) bond motifs is 1. The summed E-state index contributed by atoms with van der Waals surface area (Å²) >= 11 is 1.67. The van der Waals surface area contributed by atoms with Crippen molar-refractivity contribution in [3.63, 3.8) is 0 Å². The highest BCUT2D eigenvalue weighted by atomic mass is 32.2. The fraction of sp³-hybridized carbons (Fsp3) is 0.250. The van der Waals surface area contributed by atoms with E-state index in [4.69, 9.17) is 0 Å². The molecule has 3 aromatic rings. The highest BCUT2D eigenvalue weighted by Crippen LogP contribution is 2.26. The molecule has 0 spiro atoms. The van der Waals surface area contributed by atoms with Gasteiger partial charge in [-0.25, -0.2) is 4.98 Å². The second kappa shape index (κ2) is 5.67. The van der Waals surface area contributed by atoms with E-state index in [0.29, 0.717) is 5.92 Å². The van der Waals surface area contributed by atoms with E-state index in [2.05, 4.69) is 71.5 Å². The number of benzene rings is 2. The second-order valence-electron chi connectivity index (χ2n) is 5.08. The molecule has 20 heavy (non-hydrogen) atoms. The van der Waals surface area contributed by atoms with Crippen LogP contribution in [0.4, 0.5) is 0 Å². The first-order valence-corrected chi connectivity index (χ1v) is 7.74. The molecule has 0 amide bonds. The van der Waals surface area contributed by atoms with Gasteiger partial charge in [-0.2, -0.15) is 0 Å². The lowest BCUT2D eigenvalue weighted by atomic mass is 10.1. The van der Waals surface area contributed by atoms with E-state index in [1.807, 2.05) is 0 Å². The van der Waals surface area contributed by atoms with Crippen LogP contribution in [-0.2, 0) is 5.75 Å². The van der Waals surface area contributed by atoms with Crippen molar-refractivity contribution in [1.82, 2.24) is 15.2 Å². The highest BCUT2D eigenvalue weighted by Gasteiger charge is 2.08. The van der Waals surface area contributed by atoms with Crippen LogP contribution < -0.4 is 0 Å². The summed E-state index contributed by atoms with van der Waals surface area (Å²) in [7, 11) is 0.